The predicted molar refractivity (Wildman–Crippen MR) is 99.3 cm³/mol. The van der Waals surface area contributed by atoms with Gasteiger partial charge in [0.25, 0.3) is 0 Å². The van der Waals surface area contributed by atoms with E-state index in [0.29, 0.717) is 25.4 Å². The van der Waals surface area contributed by atoms with Crippen molar-refractivity contribution in [3.63, 3.8) is 0 Å². The summed E-state index contributed by atoms with van der Waals surface area (Å²) >= 11 is 1.68. The highest BCUT2D eigenvalue weighted by Gasteiger charge is 2.28. The van der Waals surface area contributed by atoms with E-state index in [4.69, 9.17) is 0 Å². The Labute approximate surface area is 154 Å². The van der Waals surface area contributed by atoms with E-state index in [1.165, 1.54) is 24.3 Å². The van der Waals surface area contributed by atoms with E-state index < -0.39 is 10.0 Å². The molecule has 3 rings (SSSR count). The Morgan fingerprint density at radius 1 is 1.32 bits per heavy atom. The maximum absolute atomic E-state index is 12.7. The Balaban J connectivity index is 1.60. The van der Waals surface area contributed by atoms with E-state index in [1.54, 1.807) is 23.2 Å². The zero-order valence-electron chi connectivity index (χ0n) is 15.0. The summed E-state index contributed by atoms with van der Waals surface area (Å²) in [6.45, 7) is 4.78. The lowest BCUT2D eigenvalue weighted by Crippen LogP contribution is -2.50. The minimum Gasteiger partial charge on any atom is -0.341 e. The number of rotatable bonds is 6. The first-order valence-corrected chi connectivity index (χ1v) is 11.6. The normalized spacial score (nSPS) is 22.0. The summed E-state index contributed by atoms with van der Waals surface area (Å²) in [5.41, 5.74) is 0.973. The Morgan fingerprint density at radius 3 is 2.72 bits per heavy atom. The number of sulfonamides is 1. The maximum atomic E-state index is 12.7. The summed E-state index contributed by atoms with van der Waals surface area (Å²) in [5, 5.41) is 1.18. The van der Waals surface area contributed by atoms with E-state index in [-0.39, 0.29) is 17.7 Å². The van der Waals surface area contributed by atoms with Crippen LogP contribution >= 0.6 is 11.3 Å². The second-order valence-corrected chi connectivity index (χ2v) is 10.2. The van der Waals surface area contributed by atoms with Gasteiger partial charge >= 0.3 is 0 Å². The molecule has 1 unspecified atom stereocenters. The largest absolute Gasteiger partial charge is 0.341 e. The van der Waals surface area contributed by atoms with Gasteiger partial charge in [0.2, 0.25) is 15.9 Å². The Morgan fingerprint density at radius 2 is 2.08 bits per heavy atom. The Kier molecular flexibility index (Phi) is 5.80. The number of hydrogen-bond donors (Lipinski definition) is 1. The molecule has 0 bridgehead atoms. The summed E-state index contributed by atoms with van der Waals surface area (Å²) in [6.07, 6.45) is 5.70. The smallest absolute Gasteiger partial charge is 0.227 e. The van der Waals surface area contributed by atoms with Crippen molar-refractivity contribution in [3.05, 3.63) is 15.6 Å². The number of aryl methyl sites for hydroxylation is 1. The molecule has 1 aliphatic carbocycles. The standard InChI is InChI=1S/C17H27N3O3S2/c1-3-25(22,23)19-14-8-5-9-20(11-14)16(21)10-15-12(2)18-17(24-15)13-6-4-7-13/h13-14,19H,3-11H2,1-2H3. The van der Waals surface area contributed by atoms with Crippen LogP contribution in [0.5, 0.6) is 0 Å². The number of hydrogen-bond acceptors (Lipinski definition) is 5. The van der Waals surface area contributed by atoms with E-state index in [0.717, 1.165) is 23.4 Å². The van der Waals surface area contributed by atoms with Crippen molar-refractivity contribution >= 4 is 27.3 Å². The van der Waals surface area contributed by atoms with Gasteiger partial charge in [-0.05, 0) is 39.5 Å². The third kappa shape index (κ3) is 4.60. The molecule has 0 aromatic carbocycles. The number of piperidine rings is 1. The molecule has 8 heteroatoms. The first-order valence-electron chi connectivity index (χ1n) is 9.12. The summed E-state index contributed by atoms with van der Waals surface area (Å²) in [7, 11) is -3.23. The monoisotopic (exact) mass is 385 g/mol. The van der Waals surface area contributed by atoms with Crippen molar-refractivity contribution in [2.24, 2.45) is 0 Å². The molecule has 2 aliphatic rings. The van der Waals surface area contributed by atoms with E-state index in [9.17, 15) is 13.2 Å². The van der Waals surface area contributed by atoms with Crippen LogP contribution in [0.15, 0.2) is 0 Å². The number of amides is 1. The predicted octanol–water partition coefficient (Wildman–Crippen LogP) is 2.19. The average Bonchev–Trinajstić information content (AvgIpc) is 2.85. The maximum Gasteiger partial charge on any atom is 0.227 e. The molecule has 0 radical (unpaired) electrons. The third-order valence-corrected chi connectivity index (χ3v) is 7.95. The molecule has 25 heavy (non-hydrogen) atoms. The number of carbonyl (C=O) groups is 1. The third-order valence-electron chi connectivity index (χ3n) is 5.18. The SMILES string of the molecule is CCS(=O)(=O)NC1CCCN(C(=O)Cc2sc(C3CCC3)nc2C)C1. The number of aromatic nitrogens is 1. The number of nitrogens with one attached hydrogen (secondary N) is 1. The molecule has 1 saturated heterocycles. The van der Waals surface area contributed by atoms with Gasteiger partial charge in [0.05, 0.1) is 22.9 Å². The first kappa shape index (κ1) is 18.8. The molecule has 140 valence electrons. The Bertz CT molecular complexity index is 725. The topological polar surface area (TPSA) is 79.4 Å². The van der Waals surface area contributed by atoms with Crippen molar-refractivity contribution in [1.82, 2.24) is 14.6 Å². The summed E-state index contributed by atoms with van der Waals surface area (Å²) in [4.78, 5) is 20.2. The van der Waals surface area contributed by atoms with Gasteiger partial charge in [-0.1, -0.05) is 6.42 Å². The molecule has 1 aromatic rings. The molecule has 1 aromatic heterocycles. The van der Waals surface area contributed by atoms with Crippen molar-refractivity contribution < 1.29 is 13.2 Å². The number of nitrogens with zero attached hydrogens (tertiary/aromatic N) is 2. The highest BCUT2D eigenvalue weighted by molar-refractivity contribution is 7.89. The second-order valence-electron chi connectivity index (χ2n) is 7.07. The fourth-order valence-corrected chi connectivity index (χ4v) is 5.42. The van der Waals surface area contributed by atoms with E-state index >= 15 is 0 Å². The van der Waals surface area contributed by atoms with Gasteiger partial charge in [-0.15, -0.1) is 11.3 Å². The van der Waals surface area contributed by atoms with E-state index in [2.05, 4.69) is 9.71 Å². The van der Waals surface area contributed by atoms with Crippen LogP contribution in [0.2, 0.25) is 0 Å². The lowest BCUT2D eigenvalue weighted by atomic mass is 9.86. The zero-order valence-corrected chi connectivity index (χ0v) is 16.6. The molecular weight excluding hydrogens is 358 g/mol. The average molecular weight is 386 g/mol. The van der Waals surface area contributed by atoms with Gasteiger partial charge in [-0.25, -0.2) is 18.1 Å². The van der Waals surface area contributed by atoms with Crippen LogP contribution in [0.4, 0.5) is 0 Å². The molecule has 1 saturated carbocycles. The zero-order chi connectivity index (χ0) is 18.0. The molecule has 2 heterocycles. The highest BCUT2D eigenvalue weighted by Crippen LogP contribution is 2.39. The summed E-state index contributed by atoms with van der Waals surface area (Å²) < 4.78 is 26.2. The number of likely N-dealkylation sites (tertiary alicyclic amines) is 1. The van der Waals surface area contributed by atoms with Crippen LogP contribution in [-0.2, 0) is 21.2 Å². The van der Waals surface area contributed by atoms with Crippen LogP contribution in [0, 0.1) is 6.92 Å². The molecule has 1 atom stereocenters. The van der Waals surface area contributed by atoms with Crippen LogP contribution < -0.4 is 4.72 Å². The molecule has 1 aliphatic heterocycles. The van der Waals surface area contributed by atoms with Gasteiger partial charge in [0.1, 0.15) is 0 Å². The fraction of sp³-hybridized carbons (Fsp3) is 0.765. The molecule has 2 fully saturated rings. The molecule has 0 spiro atoms. The number of carbonyl (C=O) groups excluding carboxylic acids is 1. The minimum atomic E-state index is -3.23. The lowest BCUT2D eigenvalue weighted by molar-refractivity contribution is -0.131. The fourth-order valence-electron chi connectivity index (χ4n) is 3.33. The number of thiazole rings is 1. The lowest BCUT2D eigenvalue weighted by Gasteiger charge is -2.33. The molecule has 1 amide bonds. The van der Waals surface area contributed by atoms with Crippen LogP contribution in [0.25, 0.3) is 0 Å². The molecule has 6 nitrogen and oxygen atoms in total. The van der Waals surface area contributed by atoms with Crippen molar-refractivity contribution in [2.45, 2.75) is 64.3 Å². The minimum absolute atomic E-state index is 0.0709. The van der Waals surface area contributed by atoms with Crippen LogP contribution in [-0.4, -0.2) is 49.1 Å². The quantitative estimate of drug-likeness (QED) is 0.814. The van der Waals surface area contributed by atoms with Crippen molar-refractivity contribution in [3.8, 4) is 0 Å². The second kappa shape index (κ2) is 7.72. The van der Waals surface area contributed by atoms with Gasteiger partial charge in [0, 0.05) is 29.9 Å². The van der Waals surface area contributed by atoms with E-state index in [1.807, 2.05) is 6.92 Å². The molecular formula is C17H27N3O3S2. The van der Waals surface area contributed by atoms with Crippen LogP contribution in [0.3, 0.4) is 0 Å². The van der Waals surface area contributed by atoms with Gasteiger partial charge in [0.15, 0.2) is 0 Å². The van der Waals surface area contributed by atoms with Crippen LogP contribution in [0.1, 0.15) is 60.5 Å². The van der Waals surface area contributed by atoms with Crippen molar-refractivity contribution in [1.29, 1.82) is 0 Å². The summed E-state index contributed by atoms with van der Waals surface area (Å²) in [6, 6.07) is -0.171. The Hall–Kier alpha value is -0.990. The van der Waals surface area contributed by atoms with Gasteiger partial charge in [-0.3, -0.25) is 4.79 Å². The van der Waals surface area contributed by atoms with Crippen molar-refractivity contribution in [2.75, 3.05) is 18.8 Å². The molecule has 1 N–H and O–H groups in total. The first-order chi connectivity index (χ1) is 11.9. The summed E-state index contributed by atoms with van der Waals surface area (Å²) in [5.74, 6) is 0.740. The van der Waals surface area contributed by atoms with Gasteiger partial charge in [-0.2, -0.15) is 0 Å². The van der Waals surface area contributed by atoms with Gasteiger partial charge < -0.3 is 4.90 Å². The highest BCUT2D eigenvalue weighted by atomic mass is 32.2.